The summed E-state index contributed by atoms with van der Waals surface area (Å²) in [6.07, 6.45) is 0. The maximum Gasteiger partial charge on any atom is 0.161 e. The minimum atomic E-state index is 0.237. The number of nitrogens with two attached hydrogens (primary N) is 1. The molecule has 0 amide bonds. The Morgan fingerprint density at radius 1 is 1.64 bits per heavy atom. The summed E-state index contributed by atoms with van der Waals surface area (Å²) in [7, 11) is 2.01. The van der Waals surface area contributed by atoms with Gasteiger partial charge in [-0.2, -0.15) is 0 Å². The van der Waals surface area contributed by atoms with Gasteiger partial charge in [0.25, 0.3) is 0 Å². The van der Waals surface area contributed by atoms with E-state index in [-0.39, 0.29) is 6.04 Å². The predicted molar refractivity (Wildman–Crippen MR) is 58.2 cm³/mol. The molecule has 1 aliphatic heterocycles. The number of anilines is 1. The molecule has 0 aromatic heterocycles. The van der Waals surface area contributed by atoms with Crippen LogP contribution in [-0.4, -0.2) is 26.2 Å². The summed E-state index contributed by atoms with van der Waals surface area (Å²) in [5, 5.41) is 0.657. The molecule has 4 heteroatoms. The van der Waals surface area contributed by atoms with Gasteiger partial charge < -0.3 is 15.4 Å². The largest absolute Gasteiger partial charge is 0.488 e. The zero-order chi connectivity index (χ0) is 10.1. The maximum atomic E-state index is 6.02. The van der Waals surface area contributed by atoms with Crippen LogP contribution >= 0.6 is 11.6 Å². The van der Waals surface area contributed by atoms with Crippen molar-refractivity contribution >= 4 is 17.3 Å². The highest BCUT2D eigenvalue weighted by atomic mass is 35.5. The van der Waals surface area contributed by atoms with Gasteiger partial charge in [0.05, 0.1) is 16.8 Å². The Hall–Kier alpha value is -0.930. The minimum absolute atomic E-state index is 0.237. The Morgan fingerprint density at radius 3 is 3.14 bits per heavy atom. The molecule has 1 aromatic carbocycles. The Labute approximate surface area is 88.4 Å². The van der Waals surface area contributed by atoms with Crippen molar-refractivity contribution in [2.24, 2.45) is 5.73 Å². The maximum absolute atomic E-state index is 6.02. The molecule has 1 heterocycles. The first-order valence-electron chi connectivity index (χ1n) is 4.58. The lowest BCUT2D eigenvalue weighted by Gasteiger charge is -2.35. The van der Waals surface area contributed by atoms with Crippen LogP contribution in [0, 0.1) is 0 Å². The molecule has 0 saturated heterocycles. The van der Waals surface area contributed by atoms with E-state index < -0.39 is 0 Å². The van der Waals surface area contributed by atoms with Crippen LogP contribution < -0.4 is 15.4 Å². The normalized spacial score (nSPS) is 20.2. The number of hydrogen-bond acceptors (Lipinski definition) is 3. The van der Waals surface area contributed by atoms with Crippen molar-refractivity contribution in [2.45, 2.75) is 6.04 Å². The van der Waals surface area contributed by atoms with Crippen LogP contribution in [0.5, 0.6) is 5.75 Å². The fraction of sp³-hybridized carbons (Fsp3) is 0.400. The molecule has 0 spiro atoms. The fourth-order valence-corrected chi connectivity index (χ4v) is 1.86. The van der Waals surface area contributed by atoms with Crippen molar-refractivity contribution in [3.8, 4) is 5.75 Å². The molecule has 0 bridgehead atoms. The smallest absolute Gasteiger partial charge is 0.161 e. The van der Waals surface area contributed by atoms with E-state index in [0.717, 1.165) is 11.4 Å². The van der Waals surface area contributed by atoms with Crippen molar-refractivity contribution in [2.75, 3.05) is 25.1 Å². The molecule has 1 atom stereocenters. The Morgan fingerprint density at radius 2 is 2.43 bits per heavy atom. The SMILES string of the molecule is CN1c2cccc(Cl)c2OCC1CN. The van der Waals surface area contributed by atoms with Gasteiger partial charge >= 0.3 is 0 Å². The third-order valence-corrected chi connectivity index (χ3v) is 2.86. The number of nitrogens with zero attached hydrogens (tertiary/aromatic N) is 1. The van der Waals surface area contributed by atoms with Gasteiger partial charge in [-0.05, 0) is 12.1 Å². The molecule has 2 N–H and O–H groups in total. The molecular weight excluding hydrogens is 200 g/mol. The van der Waals surface area contributed by atoms with Gasteiger partial charge in [0.15, 0.2) is 5.75 Å². The Bertz CT molecular complexity index is 343. The average Bonchev–Trinajstić information content (AvgIpc) is 2.20. The molecule has 0 radical (unpaired) electrons. The first-order chi connectivity index (χ1) is 6.74. The van der Waals surface area contributed by atoms with E-state index in [2.05, 4.69) is 4.90 Å². The lowest BCUT2D eigenvalue weighted by molar-refractivity contribution is 0.269. The monoisotopic (exact) mass is 212 g/mol. The molecule has 1 aliphatic rings. The molecule has 3 nitrogen and oxygen atoms in total. The molecule has 0 fully saturated rings. The highest BCUT2D eigenvalue weighted by molar-refractivity contribution is 6.32. The van der Waals surface area contributed by atoms with Crippen LogP contribution in [0.1, 0.15) is 0 Å². The second-order valence-corrected chi connectivity index (χ2v) is 3.81. The standard InChI is InChI=1S/C10H13ClN2O/c1-13-7(5-12)6-14-10-8(11)3-2-4-9(10)13/h2-4,7H,5-6,12H2,1H3. The second kappa shape index (κ2) is 3.67. The Balaban J connectivity index is 2.41. The number of para-hydroxylation sites is 1. The van der Waals surface area contributed by atoms with Gasteiger partial charge in [-0.1, -0.05) is 17.7 Å². The van der Waals surface area contributed by atoms with Crippen LogP contribution in [0.3, 0.4) is 0 Å². The summed E-state index contributed by atoms with van der Waals surface area (Å²) in [6.45, 7) is 1.19. The van der Waals surface area contributed by atoms with Crippen molar-refractivity contribution in [1.82, 2.24) is 0 Å². The summed E-state index contributed by atoms with van der Waals surface area (Å²) in [5.74, 6) is 0.765. The molecular formula is C10H13ClN2O. The fourth-order valence-electron chi connectivity index (χ4n) is 1.63. The van der Waals surface area contributed by atoms with Gasteiger partial charge in [-0.25, -0.2) is 0 Å². The summed E-state index contributed by atoms with van der Waals surface area (Å²) >= 11 is 6.02. The van der Waals surface area contributed by atoms with Crippen LogP contribution in [0.4, 0.5) is 5.69 Å². The predicted octanol–water partition coefficient (Wildman–Crippen LogP) is 1.50. The Kier molecular flexibility index (Phi) is 2.52. The molecule has 1 unspecified atom stereocenters. The van der Waals surface area contributed by atoms with Crippen LogP contribution in [0.25, 0.3) is 0 Å². The third-order valence-electron chi connectivity index (χ3n) is 2.57. The molecule has 0 aliphatic carbocycles. The average molecular weight is 213 g/mol. The van der Waals surface area contributed by atoms with Gasteiger partial charge in [-0.3, -0.25) is 0 Å². The molecule has 2 rings (SSSR count). The number of hydrogen-bond donors (Lipinski definition) is 1. The second-order valence-electron chi connectivity index (χ2n) is 3.40. The van der Waals surface area contributed by atoms with Gasteiger partial charge in [0, 0.05) is 13.6 Å². The van der Waals surface area contributed by atoms with E-state index in [0.29, 0.717) is 18.2 Å². The number of fused-ring (bicyclic) bond motifs is 1. The number of halogens is 1. The number of likely N-dealkylation sites (N-methyl/N-ethyl adjacent to an activating group) is 1. The van der Waals surface area contributed by atoms with E-state index in [9.17, 15) is 0 Å². The van der Waals surface area contributed by atoms with Crippen LogP contribution in [-0.2, 0) is 0 Å². The summed E-state index contributed by atoms with van der Waals surface area (Å²) in [4.78, 5) is 2.12. The summed E-state index contributed by atoms with van der Waals surface area (Å²) in [6, 6.07) is 5.97. The van der Waals surface area contributed by atoms with Gasteiger partial charge in [0.2, 0.25) is 0 Å². The zero-order valence-electron chi connectivity index (χ0n) is 8.03. The van der Waals surface area contributed by atoms with Crippen molar-refractivity contribution in [3.63, 3.8) is 0 Å². The molecule has 76 valence electrons. The topological polar surface area (TPSA) is 38.5 Å². The lowest BCUT2D eigenvalue weighted by atomic mass is 10.2. The zero-order valence-corrected chi connectivity index (χ0v) is 8.79. The quantitative estimate of drug-likeness (QED) is 0.767. The number of ether oxygens (including phenoxy) is 1. The first-order valence-corrected chi connectivity index (χ1v) is 4.96. The van der Waals surface area contributed by atoms with Crippen LogP contribution in [0.2, 0.25) is 5.02 Å². The van der Waals surface area contributed by atoms with Crippen molar-refractivity contribution < 1.29 is 4.74 Å². The molecule has 0 saturated carbocycles. The van der Waals surface area contributed by atoms with Crippen LogP contribution in [0.15, 0.2) is 18.2 Å². The highest BCUT2D eigenvalue weighted by Gasteiger charge is 2.24. The number of benzene rings is 1. The molecule has 14 heavy (non-hydrogen) atoms. The van der Waals surface area contributed by atoms with E-state index in [1.165, 1.54) is 0 Å². The van der Waals surface area contributed by atoms with E-state index in [1.54, 1.807) is 0 Å². The van der Waals surface area contributed by atoms with E-state index in [1.807, 2.05) is 25.2 Å². The minimum Gasteiger partial charge on any atom is -0.488 e. The highest BCUT2D eigenvalue weighted by Crippen LogP contribution is 2.38. The van der Waals surface area contributed by atoms with E-state index in [4.69, 9.17) is 22.1 Å². The third kappa shape index (κ3) is 1.42. The summed E-state index contributed by atoms with van der Waals surface area (Å²) in [5.41, 5.74) is 6.65. The van der Waals surface area contributed by atoms with Gasteiger partial charge in [-0.15, -0.1) is 0 Å². The van der Waals surface area contributed by atoms with Crippen molar-refractivity contribution in [1.29, 1.82) is 0 Å². The van der Waals surface area contributed by atoms with Gasteiger partial charge in [0.1, 0.15) is 6.61 Å². The van der Waals surface area contributed by atoms with E-state index >= 15 is 0 Å². The number of rotatable bonds is 1. The molecule has 1 aromatic rings. The first kappa shape index (κ1) is 9.62. The summed E-state index contributed by atoms with van der Waals surface area (Å²) < 4.78 is 5.57. The van der Waals surface area contributed by atoms with Crippen molar-refractivity contribution in [3.05, 3.63) is 23.2 Å². The lowest BCUT2D eigenvalue weighted by Crippen LogP contribution is -2.45.